The number of hydrogen-bond acceptors (Lipinski definition) is 2. The molecule has 88 valence electrons. The first-order valence-electron chi connectivity index (χ1n) is 4.88. The van der Waals surface area contributed by atoms with Crippen LogP contribution in [0.25, 0.3) is 0 Å². The molecular formula is C11H13Cl2NO2. The quantitative estimate of drug-likeness (QED) is 0.857. The first-order valence-corrected chi connectivity index (χ1v) is 5.64. The van der Waals surface area contributed by atoms with Gasteiger partial charge in [0.15, 0.2) is 0 Å². The van der Waals surface area contributed by atoms with E-state index < -0.39 is 11.9 Å². The zero-order valence-electron chi connectivity index (χ0n) is 8.84. The molecular weight excluding hydrogens is 249 g/mol. The molecule has 1 rings (SSSR count). The lowest BCUT2D eigenvalue weighted by molar-refractivity contribution is -0.138. The molecule has 0 aromatic heterocycles. The van der Waals surface area contributed by atoms with Gasteiger partial charge < -0.3 is 10.4 Å². The number of aliphatic carboxylic acids is 1. The topological polar surface area (TPSA) is 49.3 Å². The fourth-order valence-corrected chi connectivity index (χ4v) is 2.02. The molecule has 0 heterocycles. The zero-order valence-corrected chi connectivity index (χ0v) is 10.3. The summed E-state index contributed by atoms with van der Waals surface area (Å²) in [6, 6.07) is 4.88. The van der Waals surface area contributed by atoms with Crippen molar-refractivity contribution in [3.05, 3.63) is 33.8 Å². The molecule has 0 saturated heterocycles. The first-order chi connectivity index (χ1) is 7.56. The van der Waals surface area contributed by atoms with Crippen molar-refractivity contribution in [2.45, 2.75) is 12.3 Å². The summed E-state index contributed by atoms with van der Waals surface area (Å²) in [5.74, 6) is -1.48. The summed E-state index contributed by atoms with van der Waals surface area (Å²) in [4.78, 5) is 11.1. The summed E-state index contributed by atoms with van der Waals surface area (Å²) in [6.07, 6.45) is 0.493. The smallest absolute Gasteiger partial charge is 0.311 e. The van der Waals surface area contributed by atoms with Gasteiger partial charge in [-0.1, -0.05) is 29.3 Å². The maximum absolute atomic E-state index is 11.1. The monoisotopic (exact) mass is 261 g/mol. The van der Waals surface area contributed by atoms with Gasteiger partial charge in [0.05, 0.1) is 5.92 Å². The number of benzene rings is 1. The molecule has 3 nitrogen and oxygen atoms in total. The Bertz CT molecular complexity index is 382. The highest BCUT2D eigenvalue weighted by Gasteiger charge is 2.21. The Labute approximate surface area is 104 Å². The molecule has 1 atom stereocenters. The van der Waals surface area contributed by atoms with Crippen LogP contribution in [-0.4, -0.2) is 24.7 Å². The number of carbonyl (C=O) groups is 1. The van der Waals surface area contributed by atoms with Gasteiger partial charge >= 0.3 is 5.97 Å². The second-order valence-electron chi connectivity index (χ2n) is 3.45. The van der Waals surface area contributed by atoms with Crippen LogP contribution in [0.3, 0.4) is 0 Å². The fourth-order valence-electron chi connectivity index (χ4n) is 1.48. The van der Waals surface area contributed by atoms with Gasteiger partial charge in [0, 0.05) is 10.0 Å². The van der Waals surface area contributed by atoms with Crippen molar-refractivity contribution in [2.75, 3.05) is 13.6 Å². The summed E-state index contributed by atoms with van der Waals surface area (Å²) < 4.78 is 0. The van der Waals surface area contributed by atoms with E-state index in [9.17, 15) is 4.79 Å². The number of rotatable bonds is 5. The Morgan fingerprint density at radius 1 is 1.50 bits per heavy atom. The molecule has 0 amide bonds. The average molecular weight is 262 g/mol. The van der Waals surface area contributed by atoms with E-state index in [1.54, 1.807) is 25.2 Å². The van der Waals surface area contributed by atoms with Crippen LogP contribution in [0.2, 0.25) is 10.0 Å². The summed E-state index contributed by atoms with van der Waals surface area (Å²) in [5.41, 5.74) is 0.605. The van der Waals surface area contributed by atoms with Crippen LogP contribution in [0.4, 0.5) is 0 Å². The Hall–Kier alpha value is -0.770. The molecule has 5 heteroatoms. The van der Waals surface area contributed by atoms with Crippen molar-refractivity contribution < 1.29 is 9.90 Å². The third kappa shape index (κ3) is 3.37. The standard InChI is InChI=1S/C11H13Cl2NO2/c1-14-5-4-9(11(15)16)8-3-2-7(12)6-10(8)13/h2-3,6,9,14H,4-5H2,1H3,(H,15,16). The van der Waals surface area contributed by atoms with E-state index in [1.807, 2.05) is 0 Å². The van der Waals surface area contributed by atoms with Crippen molar-refractivity contribution in [3.63, 3.8) is 0 Å². The van der Waals surface area contributed by atoms with Crippen LogP contribution in [0, 0.1) is 0 Å². The lowest BCUT2D eigenvalue weighted by Crippen LogP contribution is -2.18. The maximum atomic E-state index is 11.1. The first kappa shape index (κ1) is 13.3. The lowest BCUT2D eigenvalue weighted by Gasteiger charge is -2.14. The van der Waals surface area contributed by atoms with Gasteiger partial charge in [-0.05, 0) is 37.7 Å². The molecule has 0 spiro atoms. The molecule has 0 aliphatic carbocycles. The third-order valence-corrected chi connectivity index (χ3v) is 2.88. The minimum Gasteiger partial charge on any atom is -0.481 e. The highest BCUT2D eigenvalue weighted by Crippen LogP contribution is 2.29. The molecule has 2 N–H and O–H groups in total. The number of hydrogen-bond donors (Lipinski definition) is 2. The Morgan fingerprint density at radius 2 is 2.19 bits per heavy atom. The van der Waals surface area contributed by atoms with Crippen LogP contribution in [0.1, 0.15) is 17.9 Å². The molecule has 16 heavy (non-hydrogen) atoms. The summed E-state index contributed by atoms with van der Waals surface area (Å²) in [5, 5.41) is 13.0. The molecule has 1 aromatic rings. The van der Waals surface area contributed by atoms with E-state index in [2.05, 4.69) is 5.32 Å². The van der Waals surface area contributed by atoms with Crippen molar-refractivity contribution in [3.8, 4) is 0 Å². The molecule has 1 aromatic carbocycles. The summed E-state index contributed by atoms with van der Waals surface area (Å²) >= 11 is 11.7. The van der Waals surface area contributed by atoms with Crippen molar-refractivity contribution in [1.82, 2.24) is 5.32 Å². The Balaban J connectivity index is 2.96. The second kappa shape index (κ2) is 6.09. The predicted octanol–water partition coefficient (Wildman–Crippen LogP) is 2.77. The predicted molar refractivity (Wildman–Crippen MR) is 65.4 cm³/mol. The van der Waals surface area contributed by atoms with Gasteiger partial charge in [-0.25, -0.2) is 0 Å². The van der Waals surface area contributed by atoms with Gasteiger partial charge in [-0.3, -0.25) is 4.79 Å². The SMILES string of the molecule is CNCCC(C(=O)O)c1ccc(Cl)cc1Cl. The molecule has 1 unspecified atom stereocenters. The largest absolute Gasteiger partial charge is 0.481 e. The molecule has 0 bridgehead atoms. The number of carboxylic acids is 1. The maximum Gasteiger partial charge on any atom is 0.311 e. The zero-order chi connectivity index (χ0) is 12.1. The van der Waals surface area contributed by atoms with Gasteiger partial charge in [0.2, 0.25) is 0 Å². The third-order valence-electron chi connectivity index (χ3n) is 2.32. The van der Waals surface area contributed by atoms with Gasteiger partial charge in [0.25, 0.3) is 0 Å². The number of halogens is 2. The van der Waals surface area contributed by atoms with E-state index in [0.29, 0.717) is 28.6 Å². The second-order valence-corrected chi connectivity index (χ2v) is 4.29. The van der Waals surface area contributed by atoms with E-state index in [4.69, 9.17) is 28.3 Å². The summed E-state index contributed by atoms with van der Waals surface area (Å²) in [6.45, 7) is 0.621. The fraction of sp³-hybridized carbons (Fsp3) is 0.364. The van der Waals surface area contributed by atoms with E-state index >= 15 is 0 Å². The minimum atomic E-state index is -0.875. The minimum absolute atomic E-state index is 0.399. The highest BCUT2D eigenvalue weighted by atomic mass is 35.5. The van der Waals surface area contributed by atoms with Crippen LogP contribution in [0.5, 0.6) is 0 Å². The molecule has 0 saturated carbocycles. The molecule has 0 radical (unpaired) electrons. The van der Waals surface area contributed by atoms with Gasteiger partial charge in [-0.2, -0.15) is 0 Å². The van der Waals surface area contributed by atoms with Crippen molar-refractivity contribution in [2.24, 2.45) is 0 Å². The Kier molecular flexibility index (Phi) is 5.06. The van der Waals surface area contributed by atoms with Crippen LogP contribution >= 0.6 is 23.2 Å². The van der Waals surface area contributed by atoms with Crippen LogP contribution in [-0.2, 0) is 4.79 Å². The number of nitrogens with one attached hydrogen (secondary N) is 1. The summed E-state index contributed by atoms with van der Waals surface area (Å²) in [7, 11) is 1.78. The van der Waals surface area contributed by atoms with E-state index in [-0.39, 0.29) is 0 Å². The van der Waals surface area contributed by atoms with E-state index in [1.165, 1.54) is 0 Å². The van der Waals surface area contributed by atoms with Crippen LogP contribution in [0.15, 0.2) is 18.2 Å². The van der Waals surface area contributed by atoms with E-state index in [0.717, 1.165) is 0 Å². The van der Waals surface area contributed by atoms with Crippen molar-refractivity contribution >= 4 is 29.2 Å². The molecule has 0 aliphatic heterocycles. The highest BCUT2D eigenvalue weighted by molar-refractivity contribution is 6.35. The Morgan fingerprint density at radius 3 is 2.69 bits per heavy atom. The number of carboxylic acid groups (broad SMARTS) is 1. The van der Waals surface area contributed by atoms with Gasteiger partial charge in [-0.15, -0.1) is 0 Å². The lowest BCUT2D eigenvalue weighted by atomic mass is 9.96. The normalized spacial score (nSPS) is 12.4. The van der Waals surface area contributed by atoms with Gasteiger partial charge in [0.1, 0.15) is 0 Å². The molecule has 0 fully saturated rings. The average Bonchev–Trinajstić information content (AvgIpc) is 2.20. The molecule has 0 aliphatic rings. The van der Waals surface area contributed by atoms with Crippen LogP contribution < -0.4 is 5.32 Å². The van der Waals surface area contributed by atoms with Crippen molar-refractivity contribution in [1.29, 1.82) is 0 Å².